The summed E-state index contributed by atoms with van der Waals surface area (Å²) in [6.45, 7) is 0.955. The molecule has 1 fully saturated rings. The molecule has 120 valence electrons. The largest absolute Gasteiger partial charge is 0.338 e. The summed E-state index contributed by atoms with van der Waals surface area (Å²) in [5, 5.41) is 11.6. The second-order valence-electron chi connectivity index (χ2n) is 5.84. The van der Waals surface area contributed by atoms with E-state index in [1.807, 2.05) is 36.4 Å². The molecule has 0 saturated carbocycles. The van der Waals surface area contributed by atoms with Crippen LogP contribution in [0.1, 0.15) is 17.5 Å². The minimum atomic E-state index is -0.350. The minimum absolute atomic E-state index is 0.00108. The molecule has 2 amide bonds. The number of nitrogens with one attached hydrogen (secondary N) is 1. The maximum Gasteiger partial charge on any atom is 0.229 e. The average molecular weight is 319 g/mol. The number of carbonyl (C=O) groups is 2. The lowest BCUT2D eigenvalue weighted by Gasteiger charge is -2.16. The molecular weight excluding hydrogens is 302 g/mol. The molecule has 1 aliphatic rings. The van der Waals surface area contributed by atoms with Crippen molar-refractivity contribution in [1.82, 2.24) is 4.90 Å². The van der Waals surface area contributed by atoms with Crippen LogP contribution in [0.5, 0.6) is 0 Å². The number of nitrogens with zero attached hydrogens (tertiary/aromatic N) is 2. The Balaban J connectivity index is 1.60. The van der Waals surface area contributed by atoms with Crippen LogP contribution in [0.4, 0.5) is 5.69 Å². The maximum absolute atomic E-state index is 12.4. The zero-order valence-corrected chi connectivity index (χ0v) is 13.1. The number of nitriles is 1. The van der Waals surface area contributed by atoms with Crippen molar-refractivity contribution in [3.8, 4) is 6.07 Å². The molecule has 5 heteroatoms. The Hall–Kier alpha value is -3.13. The molecule has 0 unspecified atom stereocenters. The summed E-state index contributed by atoms with van der Waals surface area (Å²) in [6, 6.07) is 18.5. The first-order valence-corrected chi connectivity index (χ1v) is 7.78. The Morgan fingerprint density at radius 2 is 1.88 bits per heavy atom. The molecule has 0 radical (unpaired) electrons. The quantitative estimate of drug-likeness (QED) is 0.941. The van der Waals surface area contributed by atoms with E-state index in [-0.39, 0.29) is 24.2 Å². The van der Waals surface area contributed by atoms with Gasteiger partial charge in [0.05, 0.1) is 17.6 Å². The number of rotatable bonds is 4. The van der Waals surface area contributed by atoms with Gasteiger partial charge < -0.3 is 10.2 Å². The molecule has 1 atom stereocenters. The van der Waals surface area contributed by atoms with Gasteiger partial charge in [-0.3, -0.25) is 9.59 Å². The zero-order chi connectivity index (χ0) is 16.9. The predicted molar refractivity (Wildman–Crippen MR) is 89.8 cm³/mol. The van der Waals surface area contributed by atoms with E-state index in [9.17, 15) is 9.59 Å². The molecule has 2 aromatic carbocycles. The lowest BCUT2D eigenvalue weighted by molar-refractivity contribution is -0.128. The van der Waals surface area contributed by atoms with Gasteiger partial charge in [0.15, 0.2) is 0 Å². The summed E-state index contributed by atoms with van der Waals surface area (Å²) in [4.78, 5) is 26.2. The standard InChI is InChI=1S/C19H17N3O2/c20-11-14-6-8-17(9-7-14)21-19(24)16-10-18(23)22(13-16)12-15-4-2-1-3-5-15/h1-9,16H,10,12-13H2,(H,21,24)/t16-/m0/s1. The third kappa shape index (κ3) is 3.61. The van der Waals surface area contributed by atoms with Crippen LogP contribution in [-0.2, 0) is 16.1 Å². The molecule has 0 spiro atoms. The molecule has 0 aromatic heterocycles. The van der Waals surface area contributed by atoms with Gasteiger partial charge in [-0.2, -0.15) is 5.26 Å². The summed E-state index contributed by atoms with van der Waals surface area (Å²) in [5.74, 6) is -0.515. The number of hydrogen-bond donors (Lipinski definition) is 1. The summed E-state index contributed by atoms with van der Waals surface area (Å²) < 4.78 is 0. The van der Waals surface area contributed by atoms with Crippen LogP contribution in [0.3, 0.4) is 0 Å². The van der Waals surface area contributed by atoms with Crippen molar-refractivity contribution in [2.75, 3.05) is 11.9 Å². The number of amides is 2. The van der Waals surface area contributed by atoms with Gasteiger partial charge in [0.25, 0.3) is 0 Å². The number of benzene rings is 2. The van der Waals surface area contributed by atoms with E-state index in [4.69, 9.17) is 5.26 Å². The van der Waals surface area contributed by atoms with E-state index in [0.717, 1.165) is 5.56 Å². The van der Waals surface area contributed by atoms with Crippen LogP contribution in [0.15, 0.2) is 54.6 Å². The van der Waals surface area contributed by atoms with E-state index in [2.05, 4.69) is 5.32 Å². The SMILES string of the molecule is N#Cc1ccc(NC(=O)[C@H]2CC(=O)N(Cc3ccccc3)C2)cc1. The minimum Gasteiger partial charge on any atom is -0.338 e. The number of hydrogen-bond acceptors (Lipinski definition) is 3. The summed E-state index contributed by atoms with van der Waals surface area (Å²) in [5.41, 5.74) is 2.23. The molecule has 2 aromatic rings. The highest BCUT2D eigenvalue weighted by Gasteiger charge is 2.34. The van der Waals surface area contributed by atoms with Crippen LogP contribution in [0, 0.1) is 17.2 Å². The van der Waals surface area contributed by atoms with Gasteiger partial charge in [0.1, 0.15) is 0 Å². The Morgan fingerprint density at radius 3 is 2.54 bits per heavy atom. The van der Waals surface area contributed by atoms with Gasteiger partial charge in [-0.25, -0.2) is 0 Å². The van der Waals surface area contributed by atoms with Gasteiger partial charge in [-0.1, -0.05) is 30.3 Å². The van der Waals surface area contributed by atoms with Crippen LogP contribution in [0.2, 0.25) is 0 Å². The monoisotopic (exact) mass is 319 g/mol. The Labute approximate surface area is 140 Å². The molecule has 1 saturated heterocycles. The van der Waals surface area contributed by atoms with Crippen molar-refractivity contribution >= 4 is 17.5 Å². The van der Waals surface area contributed by atoms with Gasteiger partial charge in [0.2, 0.25) is 11.8 Å². The van der Waals surface area contributed by atoms with E-state index in [1.54, 1.807) is 29.2 Å². The fraction of sp³-hybridized carbons (Fsp3) is 0.211. The lowest BCUT2D eigenvalue weighted by atomic mass is 10.1. The molecule has 1 aliphatic heterocycles. The van der Waals surface area contributed by atoms with Crippen LogP contribution in [-0.4, -0.2) is 23.3 Å². The summed E-state index contributed by atoms with van der Waals surface area (Å²) >= 11 is 0. The molecule has 0 aliphatic carbocycles. The summed E-state index contributed by atoms with van der Waals surface area (Å²) in [6.07, 6.45) is 0.231. The van der Waals surface area contributed by atoms with Crippen molar-refractivity contribution in [3.05, 3.63) is 65.7 Å². The lowest BCUT2D eigenvalue weighted by Crippen LogP contribution is -2.28. The first-order valence-electron chi connectivity index (χ1n) is 7.78. The van der Waals surface area contributed by atoms with Crippen molar-refractivity contribution in [3.63, 3.8) is 0 Å². The zero-order valence-electron chi connectivity index (χ0n) is 13.1. The highest BCUT2D eigenvalue weighted by atomic mass is 16.2. The van der Waals surface area contributed by atoms with Crippen molar-refractivity contribution < 1.29 is 9.59 Å². The predicted octanol–water partition coefficient (Wildman–Crippen LogP) is 2.55. The number of carbonyl (C=O) groups excluding carboxylic acids is 2. The number of likely N-dealkylation sites (tertiary alicyclic amines) is 1. The van der Waals surface area contributed by atoms with E-state index in [1.165, 1.54) is 0 Å². The van der Waals surface area contributed by atoms with Gasteiger partial charge >= 0.3 is 0 Å². The van der Waals surface area contributed by atoms with Gasteiger partial charge in [-0.15, -0.1) is 0 Å². The Kier molecular flexibility index (Phi) is 4.57. The van der Waals surface area contributed by atoms with E-state index >= 15 is 0 Å². The third-order valence-electron chi connectivity index (χ3n) is 4.08. The summed E-state index contributed by atoms with van der Waals surface area (Å²) in [7, 11) is 0. The molecule has 0 bridgehead atoms. The molecule has 1 heterocycles. The molecule has 24 heavy (non-hydrogen) atoms. The Morgan fingerprint density at radius 1 is 1.17 bits per heavy atom. The Bertz CT molecular complexity index is 779. The highest BCUT2D eigenvalue weighted by molar-refractivity contribution is 5.97. The smallest absolute Gasteiger partial charge is 0.229 e. The van der Waals surface area contributed by atoms with Crippen molar-refractivity contribution in [2.45, 2.75) is 13.0 Å². The van der Waals surface area contributed by atoms with Crippen molar-refractivity contribution in [1.29, 1.82) is 5.26 Å². The maximum atomic E-state index is 12.4. The molecule has 5 nitrogen and oxygen atoms in total. The highest BCUT2D eigenvalue weighted by Crippen LogP contribution is 2.22. The topological polar surface area (TPSA) is 73.2 Å². The fourth-order valence-electron chi connectivity index (χ4n) is 2.78. The second-order valence-corrected chi connectivity index (χ2v) is 5.84. The average Bonchev–Trinajstić information content (AvgIpc) is 2.97. The molecular formula is C19H17N3O2. The van der Waals surface area contributed by atoms with E-state index < -0.39 is 0 Å². The first kappa shape index (κ1) is 15.8. The first-order chi connectivity index (χ1) is 11.7. The fourth-order valence-corrected chi connectivity index (χ4v) is 2.78. The van der Waals surface area contributed by atoms with Gasteiger partial charge in [0, 0.05) is 25.2 Å². The second kappa shape index (κ2) is 6.97. The third-order valence-corrected chi connectivity index (χ3v) is 4.08. The van der Waals surface area contributed by atoms with Crippen LogP contribution < -0.4 is 5.32 Å². The van der Waals surface area contributed by atoms with Crippen LogP contribution >= 0.6 is 0 Å². The van der Waals surface area contributed by atoms with E-state index in [0.29, 0.717) is 24.3 Å². The normalized spacial score (nSPS) is 16.7. The molecule has 3 rings (SSSR count). The van der Waals surface area contributed by atoms with Gasteiger partial charge in [-0.05, 0) is 29.8 Å². The molecule has 1 N–H and O–H groups in total. The van der Waals surface area contributed by atoms with Crippen LogP contribution in [0.25, 0.3) is 0 Å². The van der Waals surface area contributed by atoms with Crippen molar-refractivity contribution in [2.24, 2.45) is 5.92 Å². The number of anilines is 1.